The van der Waals surface area contributed by atoms with Crippen molar-refractivity contribution in [1.29, 1.82) is 0 Å². The Morgan fingerprint density at radius 3 is 2.37 bits per heavy atom. The van der Waals surface area contributed by atoms with Gasteiger partial charge in [0.2, 0.25) is 0 Å². The molecule has 1 aliphatic heterocycles. The Morgan fingerprint density at radius 2 is 1.80 bits per heavy atom. The predicted molar refractivity (Wildman–Crippen MR) is 97.6 cm³/mol. The molecule has 0 aromatic heterocycles. The number of alkyl halides is 3. The smallest absolute Gasteiger partial charge is 0.489 e. The minimum absolute atomic E-state index is 0.150. The van der Waals surface area contributed by atoms with Crippen molar-refractivity contribution in [2.24, 2.45) is 0 Å². The molecule has 0 aliphatic carbocycles. The molecule has 1 heterocycles. The molecule has 0 atom stereocenters. The van der Waals surface area contributed by atoms with Crippen molar-refractivity contribution in [3.05, 3.63) is 59.4 Å². The quantitative estimate of drug-likeness (QED) is 0.457. The zero-order chi connectivity index (χ0) is 21.8. The second kappa shape index (κ2) is 8.91. The van der Waals surface area contributed by atoms with E-state index in [-0.39, 0.29) is 24.6 Å². The highest BCUT2D eigenvalue weighted by Gasteiger charge is 2.42. The highest BCUT2D eigenvalue weighted by Crippen LogP contribution is 2.37. The van der Waals surface area contributed by atoms with E-state index in [1.165, 1.54) is 0 Å². The Hall–Kier alpha value is -2.81. The van der Waals surface area contributed by atoms with Crippen LogP contribution in [0.15, 0.2) is 42.5 Å². The van der Waals surface area contributed by atoms with Gasteiger partial charge < -0.3 is 18.9 Å². The van der Waals surface area contributed by atoms with E-state index >= 15 is 0 Å². The summed E-state index contributed by atoms with van der Waals surface area (Å²) >= 11 is 0. The van der Waals surface area contributed by atoms with E-state index < -0.39 is 23.3 Å². The molecule has 9 heteroatoms. The highest BCUT2D eigenvalue weighted by molar-refractivity contribution is 5.72. The molecule has 1 aliphatic rings. The second-order valence-electron chi connectivity index (χ2n) is 6.91. The largest absolute Gasteiger partial charge is 0.573 e. The average Bonchev–Trinajstić information content (AvgIpc) is 2.62. The lowest BCUT2D eigenvalue weighted by atomic mass is 9.76. The molecule has 0 spiro atoms. The van der Waals surface area contributed by atoms with Crippen molar-refractivity contribution >= 4 is 5.97 Å². The van der Waals surface area contributed by atoms with E-state index in [0.29, 0.717) is 31.6 Å². The van der Waals surface area contributed by atoms with E-state index in [4.69, 9.17) is 14.2 Å². The summed E-state index contributed by atoms with van der Waals surface area (Å²) in [7, 11) is 0. The van der Waals surface area contributed by atoms with Crippen molar-refractivity contribution in [3.8, 4) is 11.5 Å². The van der Waals surface area contributed by atoms with Crippen molar-refractivity contribution in [2.45, 2.75) is 31.7 Å². The molecule has 0 amide bonds. The third-order valence-electron chi connectivity index (χ3n) is 4.58. The SMILES string of the molecule is CCOC(=O)CC1(c2ccc(OCc3cc(F)cc(OC(F)(F)F)c3)cc2)COC1. The minimum atomic E-state index is -4.91. The summed E-state index contributed by atoms with van der Waals surface area (Å²) < 4.78 is 70.2. The van der Waals surface area contributed by atoms with Crippen LogP contribution in [0.4, 0.5) is 17.6 Å². The van der Waals surface area contributed by atoms with Crippen LogP contribution in [-0.2, 0) is 26.3 Å². The zero-order valence-corrected chi connectivity index (χ0v) is 16.1. The van der Waals surface area contributed by atoms with Gasteiger partial charge in [0.05, 0.1) is 31.7 Å². The Labute approximate surface area is 170 Å². The number of carbonyl (C=O) groups excluding carboxylic acids is 1. The fourth-order valence-electron chi connectivity index (χ4n) is 3.18. The Bertz CT molecular complexity index is 876. The maximum absolute atomic E-state index is 13.6. The van der Waals surface area contributed by atoms with Crippen LogP contribution in [0, 0.1) is 5.82 Å². The first-order chi connectivity index (χ1) is 14.2. The van der Waals surface area contributed by atoms with Crippen molar-refractivity contribution < 1.29 is 41.3 Å². The van der Waals surface area contributed by atoms with E-state index in [1.54, 1.807) is 31.2 Å². The number of hydrogen-bond acceptors (Lipinski definition) is 5. The maximum Gasteiger partial charge on any atom is 0.573 e. The van der Waals surface area contributed by atoms with E-state index in [0.717, 1.165) is 17.7 Å². The first kappa shape index (κ1) is 21.9. The number of rotatable bonds is 8. The summed E-state index contributed by atoms with van der Waals surface area (Å²) in [5.41, 5.74) is 0.627. The van der Waals surface area contributed by atoms with Crippen LogP contribution in [0.3, 0.4) is 0 Å². The van der Waals surface area contributed by atoms with Gasteiger partial charge in [0.1, 0.15) is 23.9 Å². The molecule has 2 aromatic rings. The third kappa shape index (κ3) is 5.63. The number of halogens is 4. The van der Waals surface area contributed by atoms with Gasteiger partial charge in [-0.25, -0.2) is 4.39 Å². The van der Waals surface area contributed by atoms with Gasteiger partial charge in [-0.15, -0.1) is 13.2 Å². The lowest BCUT2D eigenvalue weighted by molar-refractivity contribution is -0.274. The molecule has 0 bridgehead atoms. The highest BCUT2D eigenvalue weighted by atomic mass is 19.4. The summed E-state index contributed by atoms with van der Waals surface area (Å²) in [6.45, 7) is 2.69. The van der Waals surface area contributed by atoms with Crippen molar-refractivity contribution in [2.75, 3.05) is 19.8 Å². The van der Waals surface area contributed by atoms with Gasteiger partial charge in [-0.05, 0) is 42.3 Å². The average molecular weight is 428 g/mol. The van der Waals surface area contributed by atoms with Crippen LogP contribution in [0.25, 0.3) is 0 Å². The fourth-order valence-corrected chi connectivity index (χ4v) is 3.18. The second-order valence-corrected chi connectivity index (χ2v) is 6.91. The summed E-state index contributed by atoms with van der Waals surface area (Å²) in [4.78, 5) is 11.9. The monoisotopic (exact) mass is 428 g/mol. The number of esters is 1. The lowest BCUT2D eigenvalue weighted by Crippen LogP contribution is -2.48. The third-order valence-corrected chi connectivity index (χ3v) is 4.58. The van der Waals surface area contributed by atoms with Crippen LogP contribution in [-0.4, -0.2) is 32.2 Å². The van der Waals surface area contributed by atoms with E-state index in [2.05, 4.69) is 4.74 Å². The van der Waals surface area contributed by atoms with E-state index in [9.17, 15) is 22.4 Å². The van der Waals surface area contributed by atoms with Crippen molar-refractivity contribution in [3.63, 3.8) is 0 Å². The number of ether oxygens (including phenoxy) is 4. The van der Waals surface area contributed by atoms with E-state index in [1.807, 2.05) is 0 Å². The summed E-state index contributed by atoms with van der Waals surface area (Å²) in [5.74, 6) is -1.38. The molecule has 1 fully saturated rings. The van der Waals surface area contributed by atoms with Gasteiger partial charge in [0.25, 0.3) is 0 Å². The molecule has 162 valence electrons. The number of carbonyl (C=O) groups is 1. The van der Waals surface area contributed by atoms with Gasteiger partial charge in [0, 0.05) is 6.07 Å². The molecular weight excluding hydrogens is 408 g/mol. The standard InChI is InChI=1S/C21H20F4O5/c1-2-28-19(26)10-20(12-27-13-20)15-3-5-17(6-4-15)29-11-14-7-16(22)9-18(8-14)30-21(23,24)25/h3-9H,2,10-13H2,1H3. The maximum atomic E-state index is 13.6. The first-order valence-corrected chi connectivity index (χ1v) is 9.21. The van der Waals surface area contributed by atoms with Crippen LogP contribution in [0.5, 0.6) is 11.5 Å². The molecule has 30 heavy (non-hydrogen) atoms. The van der Waals surface area contributed by atoms with Crippen LogP contribution in [0.2, 0.25) is 0 Å². The zero-order valence-electron chi connectivity index (χ0n) is 16.1. The summed E-state index contributed by atoms with van der Waals surface area (Å²) in [6, 6.07) is 9.71. The van der Waals surface area contributed by atoms with Gasteiger partial charge in [-0.2, -0.15) is 0 Å². The van der Waals surface area contributed by atoms with Gasteiger partial charge in [-0.3, -0.25) is 4.79 Å². The molecule has 2 aromatic carbocycles. The summed E-state index contributed by atoms with van der Waals surface area (Å²) in [6.07, 6.45) is -4.71. The molecule has 0 saturated carbocycles. The Kier molecular flexibility index (Phi) is 6.50. The minimum Gasteiger partial charge on any atom is -0.489 e. The predicted octanol–water partition coefficient (Wildman–Crippen LogP) is 4.52. The van der Waals surface area contributed by atoms with Gasteiger partial charge >= 0.3 is 12.3 Å². The lowest BCUT2D eigenvalue weighted by Gasteiger charge is -2.41. The number of hydrogen-bond donors (Lipinski definition) is 0. The van der Waals surface area contributed by atoms with Gasteiger partial charge in [-0.1, -0.05) is 12.1 Å². The molecule has 1 saturated heterocycles. The first-order valence-electron chi connectivity index (χ1n) is 9.21. The number of benzene rings is 2. The van der Waals surface area contributed by atoms with Crippen LogP contribution in [0.1, 0.15) is 24.5 Å². The molecule has 3 rings (SSSR count). The molecule has 0 radical (unpaired) electrons. The molecule has 0 unspecified atom stereocenters. The van der Waals surface area contributed by atoms with Crippen molar-refractivity contribution in [1.82, 2.24) is 0 Å². The molecule has 5 nitrogen and oxygen atoms in total. The Morgan fingerprint density at radius 1 is 1.10 bits per heavy atom. The Balaban J connectivity index is 1.64. The molecule has 0 N–H and O–H groups in total. The topological polar surface area (TPSA) is 54.0 Å². The summed E-state index contributed by atoms with van der Waals surface area (Å²) in [5, 5.41) is 0. The van der Waals surface area contributed by atoms with Gasteiger partial charge in [0.15, 0.2) is 0 Å². The normalized spacial score (nSPS) is 15.2. The fraction of sp³-hybridized carbons (Fsp3) is 0.381. The van der Waals surface area contributed by atoms with Crippen LogP contribution >= 0.6 is 0 Å². The van der Waals surface area contributed by atoms with Crippen LogP contribution < -0.4 is 9.47 Å². The molecular formula is C21H20F4O5.